The van der Waals surface area contributed by atoms with Crippen molar-refractivity contribution in [3.8, 4) is 5.75 Å². The van der Waals surface area contributed by atoms with E-state index in [4.69, 9.17) is 4.74 Å². The van der Waals surface area contributed by atoms with Crippen LogP contribution in [-0.4, -0.2) is 47.2 Å². The van der Waals surface area contributed by atoms with Crippen LogP contribution >= 0.6 is 11.3 Å². The molecule has 0 aliphatic rings. The van der Waals surface area contributed by atoms with Gasteiger partial charge in [-0.2, -0.15) is 4.52 Å². The highest BCUT2D eigenvalue weighted by Crippen LogP contribution is 2.24. The quantitative estimate of drug-likeness (QED) is 0.727. The first-order valence-corrected chi connectivity index (χ1v) is 8.71. The summed E-state index contributed by atoms with van der Waals surface area (Å²) < 4.78 is 6.65. The number of likely N-dealkylation sites (N-methyl/N-ethyl adjacent to an activating group) is 1. The van der Waals surface area contributed by atoms with Gasteiger partial charge in [-0.05, 0) is 38.7 Å². The maximum absolute atomic E-state index is 12.0. The average Bonchev–Trinajstić information content (AvgIpc) is 2.98. The fourth-order valence-corrected chi connectivity index (χ4v) is 3.48. The summed E-state index contributed by atoms with van der Waals surface area (Å²) in [6.07, 6.45) is 0. The number of nitrogens with one attached hydrogen (secondary N) is 1. The van der Waals surface area contributed by atoms with Gasteiger partial charge in [-0.15, -0.1) is 5.10 Å². The number of benzene rings is 1. The summed E-state index contributed by atoms with van der Waals surface area (Å²) in [6.45, 7) is 2.45. The Bertz CT molecular complexity index is 934. The lowest BCUT2D eigenvalue weighted by atomic mass is 10.1. The Morgan fingerprint density at radius 2 is 2.16 bits per heavy atom. The minimum absolute atomic E-state index is 0.133. The van der Waals surface area contributed by atoms with E-state index in [1.54, 1.807) is 14.0 Å². The van der Waals surface area contributed by atoms with E-state index < -0.39 is 0 Å². The highest BCUT2D eigenvalue weighted by Gasteiger charge is 2.16. The first-order chi connectivity index (χ1) is 12.0. The molecule has 0 bridgehead atoms. The van der Waals surface area contributed by atoms with E-state index in [1.165, 1.54) is 21.9 Å². The summed E-state index contributed by atoms with van der Waals surface area (Å²) in [6, 6.07) is 9.62. The highest BCUT2D eigenvalue weighted by molar-refractivity contribution is 7.20. The number of ether oxygens (including phenoxy) is 1. The zero-order valence-electron chi connectivity index (χ0n) is 14.7. The molecule has 0 unspecified atom stereocenters. The number of rotatable bonds is 6. The van der Waals surface area contributed by atoms with E-state index in [1.807, 2.05) is 32.3 Å². The molecule has 1 aromatic carbocycles. The van der Waals surface area contributed by atoms with Crippen LogP contribution < -0.4 is 15.6 Å². The molecular formula is C17H21N5O2S. The topological polar surface area (TPSA) is 71.8 Å². The zero-order valence-corrected chi connectivity index (χ0v) is 15.5. The Morgan fingerprint density at radius 3 is 2.88 bits per heavy atom. The summed E-state index contributed by atoms with van der Waals surface area (Å²) in [4.78, 5) is 19.0. The number of aromatic nitrogens is 3. The maximum Gasteiger partial charge on any atom is 0.275 e. The van der Waals surface area contributed by atoms with Crippen molar-refractivity contribution in [2.75, 3.05) is 33.1 Å². The van der Waals surface area contributed by atoms with Gasteiger partial charge in [-0.3, -0.25) is 4.79 Å². The maximum atomic E-state index is 12.0. The van der Waals surface area contributed by atoms with Crippen LogP contribution in [-0.2, 0) is 0 Å². The van der Waals surface area contributed by atoms with Crippen LogP contribution in [0, 0.1) is 6.92 Å². The molecule has 0 fully saturated rings. The number of hydrogen-bond acceptors (Lipinski definition) is 7. The van der Waals surface area contributed by atoms with E-state index in [2.05, 4.69) is 26.4 Å². The third kappa shape index (κ3) is 3.80. The molecule has 3 aromatic rings. The highest BCUT2D eigenvalue weighted by atomic mass is 32.1. The van der Waals surface area contributed by atoms with Crippen molar-refractivity contribution in [1.82, 2.24) is 19.5 Å². The molecule has 0 saturated carbocycles. The fourth-order valence-electron chi connectivity index (χ4n) is 2.62. The minimum atomic E-state index is -0.163. The zero-order chi connectivity index (χ0) is 18.0. The summed E-state index contributed by atoms with van der Waals surface area (Å²) in [5.74, 6) is 0.829. The fraction of sp³-hybridized carbons (Fsp3) is 0.353. The lowest BCUT2D eigenvalue weighted by Gasteiger charge is -2.25. The van der Waals surface area contributed by atoms with Crippen LogP contribution in [0.1, 0.15) is 17.3 Å². The van der Waals surface area contributed by atoms with E-state index >= 15 is 0 Å². The third-order valence-electron chi connectivity index (χ3n) is 3.92. The molecule has 2 heterocycles. The summed E-state index contributed by atoms with van der Waals surface area (Å²) in [7, 11) is 5.72. The third-order valence-corrected chi connectivity index (χ3v) is 4.79. The lowest BCUT2D eigenvalue weighted by Crippen LogP contribution is -2.27. The van der Waals surface area contributed by atoms with Crippen LogP contribution in [0.15, 0.2) is 35.1 Å². The number of anilines is 1. The van der Waals surface area contributed by atoms with Gasteiger partial charge in [0.2, 0.25) is 10.1 Å². The molecule has 0 spiro atoms. The average molecular weight is 359 g/mol. The molecule has 8 heteroatoms. The number of hydrogen-bond donors (Lipinski definition) is 1. The van der Waals surface area contributed by atoms with Gasteiger partial charge in [-0.25, -0.2) is 4.98 Å². The minimum Gasteiger partial charge on any atom is -0.497 e. The molecule has 2 aromatic heterocycles. The summed E-state index contributed by atoms with van der Waals surface area (Å²) >= 11 is 1.37. The summed E-state index contributed by atoms with van der Waals surface area (Å²) in [5, 5.41) is 8.31. The predicted molar refractivity (Wildman–Crippen MR) is 99.8 cm³/mol. The normalized spacial score (nSPS) is 12.5. The van der Waals surface area contributed by atoms with Crippen molar-refractivity contribution in [3.63, 3.8) is 0 Å². The second-order valence-electron chi connectivity index (χ2n) is 5.97. The predicted octanol–water partition coefficient (Wildman–Crippen LogP) is 2.18. The van der Waals surface area contributed by atoms with Gasteiger partial charge in [-0.1, -0.05) is 23.5 Å². The van der Waals surface area contributed by atoms with Gasteiger partial charge in [0.15, 0.2) is 0 Å². The Hall–Kier alpha value is -2.45. The monoisotopic (exact) mass is 359 g/mol. The molecule has 7 nitrogen and oxygen atoms in total. The van der Waals surface area contributed by atoms with E-state index in [-0.39, 0.29) is 11.6 Å². The van der Waals surface area contributed by atoms with Crippen LogP contribution in [0.25, 0.3) is 4.96 Å². The van der Waals surface area contributed by atoms with Crippen molar-refractivity contribution in [1.29, 1.82) is 0 Å². The van der Waals surface area contributed by atoms with Crippen molar-refractivity contribution >= 4 is 21.4 Å². The van der Waals surface area contributed by atoms with Gasteiger partial charge >= 0.3 is 0 Å². The molecule has 132 valence electrons. The van der Waals surface area contributed by atoms with Crippen LogP contribution in [0.5, 0.6) is 5.75 Å². The molecule has 0 saturated heterocycles. The standard InChI is InChI=1S/C17H21N5O2S/c1-11-8-15(23)22-17(19-11)25-16(20-22)18-10-14(21(2)3)12-6-5-7-13(9-12)24-4/h5-9,14H,10H2,1-4H3,(H,18,20)/t14-/m1/s1. The molecule has 0 aliphatic heterocycles. The smallest absolute Gasteiger partial charge is 0.275 e. The number of fused-ring (bicyclic) bond motifs is 1. The Labute approximate surface area is 149 Å². The van der Waals surface area contributed by atoms with Crippen molar-refractivity contribution in [3.05, 3.63) is 51.9 Å². The van der Waals surface area contributed by atoms with Gasteiger partial charge in [0.25, 0.3) is 5.56 Å². The van der Waals surface area contributed by atoms with Gasteiger partial charge < -0.3 is 15.0 Å². The molecule has 0 radical (unpaired) electrons. The molecule has 1 atom stereocenters. The van der Waals surface area contributed by atoms with Crippen LogP contribution in [0.3, 0.4) is 0 Å². The second kappa shape index (κ2) is 7.20. The first-order valence-electron chi connectivity index (χ1n) is 7.89. The number of methoxy groups -OCH3 is 1. The molecule has 1 N–H and O–H groups in total. The Morgan fingerprint density at radius 1 is 1.36 bits per heavy atom. The first kappa shape index (κ1) is 17.4. The van der Waals surface area contributed by atoms with Gasteiger partial charge in [0.05, 0.1) is 13.2 Å². The molecule has 0 aliphatic carbocycles. The Kier molecular flexibility index (Phi) is 5.00. The molecule has 25 heavy (non-hydrogen) atoms. The number of aryl methyl sites for hydroxylation is 1. The van der Waals surface area contributed by atoms with Crippen LogP contribution in [0.4, 0.5) is 5.13 Å². The van der Waals surface area contributed by atoms with Gasteiger partial charge in [0.1, 0.15) is 5.75 Å². The molecule has 3 rings (SSSR count). The second-order valence-corrected chi connectivity index (χ2v) is 6.93. The summed E-state index contributed by atoms with van der Waals surface area (Å²) in [5.41, 5.74) is 1.68. The largest absolute Gasteiger partial charge is 0.497 e. The SMILES string of the molecule is COc1cccc([C@@H](CNc2nn3c(=O)cc(C)nc3s2)N(C)C)c1. The van der Waals surface area contributed by atoms with Gasteiger partial charge in [0, 0.05) is 18.3 Å². The van der Waals surface area contributed by atoms with Crippen molar-refractivity contribution in [2.45, 2.75) is 13.0 Å². The molecular weight excluding hydrogens is 338 g/mol. The van der Waals surface area contributed by atoms with E-state index in [0.717, 1.165) is 11.3 Å². The molecule has 0 amide bonds. The van der Waals surface area contributed by atoms with Crippen molar-refractivity contribution < 1.29 is 4.74 Å². The van der Waals surface area contributed by atoms with Crippen LogP contribution in [0.2, 0.25) is 0 Å². The van der Waals surface area contributed by atoms with E-state index in [0.29, 0.717) is 22.3 Å². The number of nitrogens with zero attached hydrogens (tertiary/aromatic N) is 4. The lowest BCUT2D eigenvalue weighted by molar-refractivity contribution is 0.310. The van der Waals surface area contributed by atoms with E-state index in [9.17, 15) is 4.79 Å². The Balaban J connectivity index is 1.82. The van der Waals surface area contributed by atoms with Crippen molar-refractivity contribution in [2.24, 2.45) is 0 Å².